The molecular formula is C5H10Cl2O. The summed E-state index contributed by atoms with van der Waals surface area (Å²) in [7, 11) is 0. The first-order valence-electron chi connectivity index (χ1n) is 2.51. The van der Waals surface area contributed by atoms with Crippen LogP contribution in [0.3, 0.4) is 0 Å². The maximum Gasteiger partial charge on any atom is 0.152 e. The van der Waals surface area contributed by atoms with E-state index >= 15 is 0 Å². The highest BCUT2D eigenvalue weighted by molar-refractivity contribution is 6.29. The van der Waals surface area contributed by atoms with Crippen molar-refractivity contribution in [1.82, 2.24) is 0 Å². The molecule has 0 bridgehead atoms. The second kappa shape index (κ2) is 3.54. The van der Waals surface area contributed by atoms with Crippen LogP contribution in [0.1, 0.15) is 13.8 Å². The summed E-state index contributed by atoms with van der Waals surface area (Å²) in [6.45, 7) is 4.23. The second-order valence-electron chi connectivity index (χ2n) is 1.67. The van der Waals surface area contributed by atoms with Gasteiger partial charge in [0, 0.05) is 6.61 Å². The maximum atomic E-state index is 5.67. The van der Waals surface area contributed by atoms with E-state index in [0.717, 1.165) is 0 Å². The van der Waals surface area contributed by atoms with E-state index in [4.69, 9.17) is 27.9 Å². The van der Waals surface area contributed by atoms with E-state index < -0.39 is 5.06 Å². The number of rotatable bonds is 3. The van der Waals surface area contributed by atoms with Gasteiger partial charge in [-0.1, -0.05) is 11.6 Å². The van der Waals surface area contributed by atoms with Crippen LogP contribution in [0.25, 0.3) is 0 Å². The molecule has 0 aromatic rings. The lowest BCUT2D eigenvalue weighted by Crippen LogP contribution is -2.22. The van der Waals surface area contributed by atoms with Crippen molar-refractivity contribution in [2.75, 3.05) is 12.5 Å². The molecule has 3 heteroatoms. The summed E-state index contributed by atoms with van der Waals surface area (Å²) in [5.74, 6) is 0.322. The number of hydrogen-bond acceptors (Lipinski definition) is 1. The highest BCUT2D eigenvalue weighted by atomic mass is 35.5. The summed E-state index contributed by atoms with van der Waals surface area (Å²) >= 11 is 11.1. The standard InChI is InChI=1S/C5H10Cl2O/c1-3-8-5(2,7)4-6/h3-4H2,1-2H3. The summed E-state index contributed by atoms with van der Waals surface area (Å²) in [4.78, 5) is 0. The molecule has 8 heavy (non-hydrogen) atoms. The van der Waals surface area contributed by atoms with E-state index in [0.29, 0.717) is 12.5 Å². The molecule has 0 aliphatic carbocycles. The van der Waals surface area contributed by atoms with Gasteiger partial charge in [-0.2, -0.15) is 0 Å². The van der Waals surface area contributed by atoms with Crippen molar-refractivity contribution in [3.63, 3.8) is 0 Å². The average Bonchev–Trinajstić information content (AvgIpc) is 1.67. The molecule has 0 aromatic carbocycles. The third-order valence-corrected chi connectivity index (χ3v) is 1.57. The zero-order valence-corrected chi connectivity index (χ0v) is 6.59. The van der Waals surface area contributed by atoms with Crippen molar-refractivity contribution in [2.24, 2.45) is 0 Å². The molecule has 0 aromatic heterocycles. The highest BCUT2D eigenvalue weighted by Gasteiger charge is 2.17. The van der Waals surface area contributed by atoms with Crippen LogP contribution in [-0.2, 0) is 4.74 Å². The van der Waals surface area contributed by atoms with Crippen LogP contribution in [0.5, 0.6) is 0 Å². The van der Waals surface area contributed by atoms with E-state index in [-0.39, 0.29) is 0 Å². The molecule has 0 N–H and O–H groups in total. The summed E-state index contributed by atoms with van der Waals surface area (Å²) in [5, 5.41) is -0.670. The Bertz CT molecular complexity index is 63.4. The van der Waals surface area contributed by atoms with Crippen LogP contribution in [0.15, 0.2) is 0 Å². The first-order valence-corrected chi connectivity index (χ1v) is 3.42. The molecule has 0 saturated carbocycles. The number of halogens is 2. The van der Waals surface area contributed by atoms with Gasteiger partial charge in [-0.05, 0) is 13.8 Å². The van der Waals surface area contributed by atoms with Gasteiger partial charge in [0.25, 0.3) is 0 Å². The molecule has 0 radical (unpaired) electrons. The van der Waals surface area contributed by atoms with Crippen molar-refractivity contribution in [1.29, 1.82) is 0 Å². The number of ether oxygens (including phenoxy) is 1. The van der Waals surface area contributed by atoms with Crippen molar-refractivity contribution in [2.45, 2.75) is 18.9 Å². The van der Waals surface area contributed by atoms with Gasteiger partial charge in [0.15, 0.2) is 5.06 Å². The van der Waals surface area contributed by atoms with Crippen LogP contribution in [0.4, 0.5) is 0 Å². The minimum absolute atomic E-state index is 0.322. The molecule has 1 atom stereocenters. The van der Waals surface area contributed by atoms with Crippen LogP contribution in [-0.4, -0.2) is 17.5 Å². The van der Waals surface area contributed by atoms with E-state index in [1.807, 2.05) is 6.92 Å². The Hall–Kier alpha value is 0.540. The molecule has 0 fully saturated rings. The molecule has 0 aliphatic heterocycles. The molecule has 0 amide bonds. The predicted octanol–water partition coefficient (Wildman–Crippen LogP) is 2.22. The minimum Gasteiger partial charge on any atom is -0.359 e. The molecular weight excluding hydrogens is 147 g/mol. The second-order valence-corrected chi connectivity index (χ2v) is 2.74. The Morgan fingerprint density at radius 2 is 2.12 bits per heavy atom. The van der Waals surface area contributed by atoms with Crippen LogP contribution >= 0.6 is 23.2 Å². The van der Waals surface area contributed by atoms with Gasteiger partial charge in [0.05, 0.1) is 5.88 Å². The molecule has 0 rings (SSSR count). The zero-order valence-electron chi connectivity index (χ0n) is 5.08. The van der Waals surface area contributed by atoms with E-state index in [1.54, 1.807) is 6.92 Å². The first-order chi connectivity index (χ1) is 3.62. The number of hydrogen-bond donors (Lipinski definition) is 0. The van der Waals surface area contributed by atoms with E-state index in [9.17, 15) is 0 Å². The van der Waals surface area contributed by atoms with Crippen LogP contribution < -0.4 is 0 Å². The first kappa shape index (κ1) is 8.54. The third-order valence-electron chi connectivity index (χ3n) is 0.684. The topological polar surface area (TPSA) is 9.23 Å². The average molecular weight is 157 g/mol. The van der Waals surface area contributed by atoms with E-state index in [2.05, 4.69) is 0 Å². The molecule has 0 spiro atoms. The Morgan fingerprint density at radius 3 is 2.25 bits per heavy atom. The smallest absolute Gasteiger partial charge is 0.152 e. The largest absolute Gasteiger partial charge is 0.359 e. The fourth-order valence-corrected chi connectivity index (χ4v) is 0.526. The monoisotopic (exact) mass is 156 g/mol. The van der Waals surface area contributed by atoms with Gasteiger partial charge in [-0.3, -0.25) is 0 Å². The molecule has 0 aliphatic rings. The van der Waals surface area contributed by atoms with Crippen molar-refractivity contribution >= 4 is 23.2 Å². The molecule has 0 saturated heterocycles. The van der Waals surface area contributed by atoms with E-state index in [1.165, 1.54) is 0 Å². The lowest BCUT2D eigenvalue weighted by molar-refractivity contribution is 0.0587. The zero-order chi connectivity index (χ0) is 6.62. The molecule has 0 heterocycles. The van der Waals surface area contributed by atoms with Gasteiger partial charge in [0.1, 0.15) is 0 Å². The van der Waals surface area contributed by atoms with Crippen molar-refractivity contribution in [3.8, 4) is 0 Å². The van der Waals surface area contributed by atoms with Gasteiger partial charge in [-0.25, -0.2) is 0 Å². The third kappa shape index (κ3) is 3.53. The fraction of sp³-hybridized carbons (Fsp3) is 1.00. The fourth-order valence-electron chi connectivity index (χ4n) is 0.340. The molecule has 1 nitrogen and oxygen atoms in total. The van der Waals surface area contributed by atoms with Crippen LogP contribution in [0.2, 0.25) is 0 Å². The van der Waals surface area contributed by atoms with Gasteiger partial charge >= 0.3 is 0 Å². The van der Waals surface area contributed by atoms with Crippen LogP contribution in [0, 0.1) is 0 Å². The number of alkyl halides is 2. The summed E-state index contributed by atoms with van der Waals surface area (Å²) in [6.07, 6.45) is 0. The summed E-state index contributed by atoms with van der Waals surface area (Å²) < 4.78 is 5.01. The van der Waals surface area contributed by atoms with Crippen molar-refractivity contribution in [3.05, 3.63) is 0 Å². The molecule has 50 valence electrons. The Morgan fingerprint density at radius 1 is 1.62 bits per heavy atom. The van der Waals surface area contributed by atoms with Gasteiger partial charge in [0.2, 0.25) is 0 Å². The summed E-state index contributed by atoms with van der Waals surface area (Å²) in [6, 6.07) is 0. The Balaban J connectivity index is 3.37. The lowest BCUT2D eigenvalue weighted by atomic mass is 10.5. The van der Waals surface area contributed by atoms with Gasteiger partial charge < -0.3 is 4.74 Å². The Labute approximate surface area is 59.9 Å². The quantitative estimate of drug-likeness (QED) is 0.570. The highest BCUT2D eigenvalue weighted by Crippen LogP contribution is 2.16. The predicted molar refractivity (Wildman–Crippen MR) is 36.6 cm³/mol. The van der Waals surface area contributed by atoms with Crippen molar-refractivity contribution < 1.29 is 4.74 Å². The molecule has 1 unspecified atom stereocenters. The lowest BCUT2D eigenvalue weighted by Gasteiger charge is -2.17. The Kier molecular flexibility index (Phi) is 3.78. The maximum absolute atomic E-state index is 5.67. The summed E-state index contributed by atoms with van der Waals surface area (Å²) in [5.41, 5.74) is 0. The minimum atomic E-state index is -0.670. The van der Waals surface area contributed by atoms with Gasteiger partial charge in [-0.15, -0.1) is 11.6 Å². The normalized spacial score (nSPS) is 18.0. The SMILES string of the molecule is CCOC(C)(Cl)CCl.